The highest BCUT2D eigenvalue weighted by Crippen LogP contribution is 2.16. The van der Waals surface area contributed by atoms with Crippen LogP contribution in [-0.2, 0) is 18.0 Å². The molecule has 0 saturated heterocycles. The standard InChI is InChI=1S/C18H16ClNO3/c19-17-9-8-15(12-21)11-16(17)7-4-10-20-18(22)23-13-14-5-2-1-3-6-14/h1-3,5-6,8-9,11,21H,10,12-13H2,(H,20,22). The van der Waals surface area contributed by atoms with E-state index in [9.17, 15) is 4.79 Å². The summed E-state index contributed by atoms with van der Waals surface area (Å²) in [7, 11) is 0. The Morgan fingerprint density at radius 3 is 2.70 bits per heavy atom. The molecule has 2 rings (SSSR count). The van der Waals surface area contributed by atoms with E-state index in [4.69, 9.17) is 21.4 Å². The van der Waals surface area contributed by atoms with E-state index < -0.39 is 6.09 Å². The van der Waals surface area contributed by atoms with Gasteiger partial charge in [0.25, 0.3) is 0 Å². The minimum atomic E-state index is -0.529. The highest BCUT2D eigenvalue weighted by molar-refractivity contribution is 6.31. The minimum absolute atomic E-state index is 0.0735. The van der Waals surface area contributed by atoms with Crippen molar-refractivity contribution in [2.24, 2.45) is 0 Å². The third-order valence-electron chi connectivity index (χ3n) is 2.97. The average molecular weight is 330 g/mol. The van der Waals surface area contributed by atoms with Gasteiger partial charge in [-0.15, -0.1) is 0 Å². The molecule has 2 aromatic carbocycles. The van der Waals surface area contributed by atoms with Gasteiger partial charge in [0, 0.05) is 5.56 Å². The van der Waals surface area contributed by atoms with Gasteiger partial charge < -0.3 is 15.2 Å². The molecule has 118 valence electrons. The third-order valence-corrected chi connectivity index (χ3v) is 3.30. The molecule has 0 aromatic heterocycles. The first-order chi connectivity index (χ1) is 11.2. The lowest BCUT2D eigenvalue weighted by atomic mass is 10.1. The molecule has 0 aliphatic rings. The molecule has 0 spiro atoms. The van der Waals surface area contributed by atoms with Gasteiger partial charge in [0.2, 0.25) is 0 Å². The number of carbonyl (C=O) groups excluding carboxylic acids is 1. The predicted octanol–water partition coefficient (Wildman–Crippen LogP) is 3.11. The van der Waals surface area contributed by atoms with Crippen molar-refractivity contribution in [1.29, 1.82) is 0 Å². The zero-order valence-corrected chi connectivity index (χ0v) is 13.1. The van der Waals surface area contributed by atoms with Crippen LogP contribution in [0.5, 0.6) is 0 Å². The van der Waals surface area contributed by atoms with Crippen LogP contribution in [0.15, 0.2) is 48.5 Å². The molecule has 2 N–H and O–H groups in total. The summed E-state index contributed by atoms with van der Waals surface area (Å²) in [4.78, 5) is 11.5. The van der Waals surface area contributed by atoms with Crippen molar-refractivity contribution in [1.82, 2.24) is 5.32 Å². The summed E-state index contributed by atoms with van der Waals surface area (Å²) >= 11 is 6.02. The smallest absolute Gasteiger partial charge is 0.408 e. The summed E-state index contributed by atoms with van der Waals surface area (Å²) in [6, 6.07) is 14.5. The molecule has 0 radical (unpaired) electrons. The highest BCUT2D eigenvalue weighted by atomic mass is 35.5. The molecule has 0 aliphatic carbocycles. The summed E-state index contributed by atoms with van der Waals surface area (Å²) in [5, 5.41) is 12.1. The minimum Gasteiger partial charge on any atom is -0.445 e. The van der Waals surface area contributed by atoms with Crippen molar-refractivity contribution in [2.45, 2.75) is 13.2 Å². The fourth-order valence-corrected chi connectivity index (χ4v) is 1.96. The molecule has 0 heterocycles. The van der Waals surface area contributed by atoms with Crippen LogP contribution < -0.4 is 5.32 Å². The van der Waals surface area contributed by atoms with Crippen LogP contribution in [0.3, 0.4) is 0 Å². The van der Waals surface area contributed by atoms with Gasteiger partial charge >= 0.3 is 6.09 Å². The summed E-state index contributed by atoms with van der Waals surface area (Å²) < 4.78 is 5.06. The second-order valence-corrected chi connectivity index (χ2v) is 5.10. The predicted molar refractivity (Wildman–Crippen MR) is 88.9 cm³/mol. The second-order valence-electron chi connectivity index (χ2n) is 4.69. The van der Waals surface area contributed by atoms with Gasteiger partial charge in [-0.25, -0.2) is 4.79 Å². The molecule has 0 aliphatic heterocycles. The molecule has 2 aromatic rings. The number of nitrogens with one attached hydrogen (secondary N) is 1. The van der Waals surface area contributed by atoms with Crippen LogP contribution in [-0.4, -0.2) is 17.7 Å². The Morgan fingerprint density at radius 2 is 1.96 bits per heavy atom. The van der Waals surface area contributed by atoms with Crippen LogP contribution >= 0.6 is 11.6 Å². The zero-order valence-electron chi connectivity index (χ0n) is 12.4. The Balaban J connectivity index is 1.80. The van der Waals surface area contributed by atoms with Gasteiger partial charge in [-0.2, -0.15) is 0 Å². The van der Waals surface area contributed by atoms with Crippen molar-refractivity contribution in [3.8, 4) is 11.8 Å². The SMILES string of the molecule is O=C(NCC#Cc1cc(CO)ccc1Cl)OCc1ccccc1. The maximum Gasteiger partial charge on any atom is 0.408 e. The Labute approximate surface area is 140 Å². The fraction of sp³-hybridized carbons (Fsp3) is 0.167. The number of benzene rings is 2. The molecular formula is C18H16ClNO3. The van der Waals surface area contributed by atoms with E-state index in [1.165, 1.54) is 0 Å². The van der Waals surface area contributed by atoms with Crippen molar-refractivity contribution in [3.63, 3.8) is 0 Å². The lowest BCUT2D eigenvalue weighted by Gasteiger charge is -2.04. The molecule has 0 atom stereocenters. The van der Waals surface area contributed by atoms with Crippen molar-refractivity contribution in [2.75, 3.05) is 6.54 Å². The Kier molecular flexibility index (Phi) is 6.49. The van der Waals surface area contributed by atoms with Gasteiger partial charge in [0.15, 0.2) is 0 Å². The fourth-order valence-electron chi connectivity index (χ4n) is 1.80. The molecule has 5 heteroatoms. The van der Waals surface area contributed by atoms with Gasteiger partial charge in [-0.05, 0) is 23.3 Å². The first-order valence-electron chi connectivity index (χ1n) is 7.02. The average Bonchev–Trinajstić information content (AvgIpc) is 2.59. The van der Waals surface area contributed by atoms with Crippen LogP contribution in [0.1, 0.15) is 16.7 Å². The van der Waals surface area contributed by atoms with Crippen LogP contribution in [0.4, 0.5) is 4.79 Å². The second kappa shape index (κ2) is 8.84. The summed E-state index contributed by atoms with van der Waals surface area (Å²) in [5.41, 5.74) is 2.26. The number of ether oxygens (including phenoxy) is 1. The number of alkyl carbamates (subject to hydrolysis) is 1. The largest absolute Gasteiger partial charge is 0.445 e. The quantitative estimate of drug-likeness (QED) is 0.847. The molecule has 4 nitrogen and oxygen atoms in total. The van der Waals surface area contributed by atoms with Crippen LogP contribution in [0.25, 0.3) is 0 Å². The van der Waals surface area contributed by atoms with E-state index in [-0.39, 0.29) is 19.8 Å². The van der Waals surface area contributed by atoms with Crippen molar-refractivity contribution in [3.05, 3.63) is 70.2 Å². The number of hydrogen-bond acceptors (Lipinski definition) is 3. The molecule has 0 unspecified atom stereocenters. The number of rotatable bonds is 4. The summed E-state index contributed by atoms with van der Waals surface area (Å²) in [6.45, 7) is 0.285. The molecule has 23 heavy (non-hydrogen) atoms. The van der Waals surface area contributed by atoms with E-state index in [1.807, 2.05) is 30.3 Å². The van der Waals surface area contributed by atoms with Gasteiger partial charge in [-0.1, -0.05) is 59.8 Å². The topological polar surface area (TPSA) is 58.6 Å². The lowest BCUT2D eigenvalue weighted by molar-refractivity contribution is 0.141. The van der Waals surface area contributed by atoms with Crippen LogP contribution in [0, 0.1) is 11.8 Å². The number of hydrogen-bond donors (Lipinski definition) is 2. The molecule has 0 bridgehead atoms. The molecule has 0 saturated carbocycles. The van der Waals surface area contributed by atoms with E-state index >= 15 is 0 Å². The van der Waals surface area contributed by atoms with Gasteiger partial charge in [0.05, 0.1) is 18.2 Å². The number of carbonyl (C=O) groups is 1. The first-order valence-corrected chi connectivity index (χ1v) is 7.39. The Hall–Kier alpha value is -2.48. The third kappa shape index (κ3) is 5.67. The van der Waals surface area contributed by atoms with E-state index in [0.29, 0.717) is 10.6 Å². The van der Waals surface area contributed by atoms with E-state index in [1.54, 1.807) is 18.2 Å². The van der Waals surface area contributed by atoms with Crippen molar-refractivity contribution < 1.29 is 14.6 Å². The van der Waals surface area contributed by atoms with E-state index in [2.05, 4.69) is 17.2 Å². The Morgan fingerprint density at radius 1 is 1.17 bits per heavy atom. The molecular weight excluding hydrogens is 314 g/mol. The molecule has 0 fully saturated rings. The zero-order chi connectivity index (χ0) is 16.5. The maximum absolute atomic E-state index is 11.5. The van der Waals surface area contributed by atoms with Crippen LogP contribution in [0.2, 0.25) is 5.02 Å². The number of amides is 1. The maximum atomic E-state index is 11.5. The number of aliphatic hydroxyl groups excluding tert-OH is 1. The normalized spacial score (nSPS) is 9.65. The Bertz CT molecular complexity index is 720. The van der Waals surface area contributed by atoms with Gasteiger partial charge in [0.1, 0.15) is 6.61 Å². The summed E-state index contributed by atoms with van der Waals surface area (Å²) in [5.74, 6) is 5.65. The van der Waals surface area contributed by atoms with Gasteiger partial charge in [-0.3, -0.25) is 0 Å². The monoisotopic (exact) mass is 329 g/mol. The first kappa shape index (κ1) is 16.9. The molecule has 1 amide bonds. The van der Waals surface area contributed by atoms with E-state index in [0.717, 1.165) is 11.1 Å². The highest BCUT2D eigenvalue weighted by Gasteiger charge is 2.01. The lowest BCUT2D eigenvalue weighted by Crippen LogP contribution is -2.24. The summed E-state index contributed by atoms with van der Waals surface area (Å²) in [6.07, 6.45) is -0.529. The van der Waals surface area contributed by atoms with Crippen molar-refractivity contribution >= 4 is 17.7 Å². The number of halogens is 1. The number of aliphatic hydroxyl groups is 1.